The number of carbonyl (C=O) groups excluding carboxylic acids is 1. The lowest BCUT2D eigenvalue weighted by molar-refractivity contribution is 0.0221. The number of rotatable bonds is 4. The molecule has 27 heavy (non-hydrogen) atoms. The average Bonchev–Trinajstić information content (AvgIpc) is 3.16. The summed E-state index contributed by atoms with van der Waals surface area (Å²) in [5, 5.41) is 17.1. The van der Waals surface area contributed by atoms with Crippen molar-refractivity contribution in [3.63, 3.8) is 0 Å². The second kappa shape index (κ2) is 7.50. The second-order valence-electron chi connectivity index (χ2n) is 6.75. The summed E-state index contributed by atoms with van der Waals surface area (Å²) in [7, 11) is 0. The number of carbonyl (C=O) groups is 1. The summed E-state index contributed by atoms with van der Waals surface area (Å²) in [6, 6.07) is 17.5. The minimum atomic E-state index is -1.02. The Morgan fingerprint density at radius 3 is 2.78 bits per heavy atom. The normalized spacial score (nSPS) is 18.6. The van der Waals surface area contributed by atoms with Crippen molar-refractivity contribution < 1.29 is 9.90 Å². The van der Waals surface area contributed by atoms with Gasteiger partial charge in [0.05, 0.1) is 11.4 Å². The zero-order chi connectivity index (χ0) is 18.7. The van der Waals surface area contributed by atoms with Crippen LogP contribution in [-0.2, 0) is 12.0 Å². The quantitative estimate of drug-likeness (QED) is 0.637. The Labute approximate surface area is 162 Å². The van der Waals surface area contributed by atoms with E-state index in [1.807, 2.05) is 54.6 Å². The van der Waals surface area contributed by atoms with E-state index in [4.69, 9.17) is 0 Å². The van der Waals surface area contributed by atoms with Crippen molar-refractivity contribution in [1.82, 2.24) is 10.3 Å². The summed E-state index contributed by atoms with van der Waals surface area (Å²) in [5.74, 6) is 0. The molecular formula is C21H21N3O2S. The molecular weight excluding hydrogens is 358 g/mol. The number of thiazole rings is 1. The van der Waals surface area contributed by atoms with Gasteiger partial charge in [-0.2, -0.15) is 0 Å². The van der Waals surface area contributed by atoms with Crippen LogP contribution in [0.4, 0.5) is 9.93 Å². The minimum Gasteiger partial charge on any atom is -0.383 e. The summed E-state index contributed by atoms with van der Waals surface area (Å²) >= 11 is 1.42. The van der Waals surface area contributed by atoms with Gasteiger partial charge < -0.3 is 10.4 Å². The van der Waals surface area contributed by atoms with Gasteiger partial charge >= 0.3 is 6.03 Å². The highest BCUT2D eigenvalue weighted by atomic mass is 32.1. The number of urea groups is 1. The summed E-state index contributed by atoms with van der Waals surface area (Å²) in [6.45, 7) is 0.173. The Balaban J connectivity index is 1.39. The highest BCUT2D eigenvalue weighted by Gasteiger charge is 2.34. The first-order chi connectivity index (χ1) is 13.1. The van der Waals surface area contributed by atoms with Crippen LogP contribution in [0.1, 0.15) is 24.0 Å². The van der Waals surface area contributed by atoms with E-state index in [0.717, 1.165) is 34.4 Å². The molecule has 0 spiro atoms. The van der Waals surface area contributed by atoms with Crippen molar-refractivity contribution in [3.05, 3.63) is 71.9 Å². The molecule has 3 aromatic rings. The first-order valence-electron chi connectivity index (χ1n) is 9.01. The number of fused-ring (bicyclic) bond motifs is 1. The Bertz CT molecular complexity index is 941. The van der Waals surface area contributed by atoms with Gasteiger partial charge in [-0.15, -0.1) is 0 Å². The molecule has 2 aromatic carbocycles. The maximum Gasteiger partial charge on any atom is 0.321 e. The molecule has 6 heteroatoms. The number of nitrogens with zero attached hydrogens (tertiary/aromatic N) is 1. The Hall–Kier alpha value is -2.70. The topological polar surface area (TPSA) is 74.2 Å². The molecule has 2 amide bonds. The van der Waals surface area contributed by atoms with Crippen LogP contribution in [-0.4, -0.2) is 22.7 Å². The van der Waals surface area contributed by atoms with Crippen molar-refractivity contribution in [3.8, 4) is 10.4 Å². The van der Waals surface area contributed by atoms with E-state index in [1.165, 1.54) is 11.3 Å². The Kier molecular flexibility index (Phi) is 4.92. The molecule has 138 valence electrons. The number of aliphatic hydroxyl groups is 1. The summed E-state index contributed by atoms with van der Waals surface area (Å²) in [5.41, 5.74) is 2.11. The predicted molar refractivity (Wildman–Crippen MR) is 108 cm³/mol. The predicted octanol–water partition coefficient (Wildman–Crippen LogP) is 4.16. The molecule has 0 fully saturated rings. The lowest BCUT2D eigenvalue weighted by Gasteiger charge is -2.34. The number of anilines is 1. The van der Waals surface area contributed by atoms with Crippen LogP contribution < -0.4 is 10.6 Å². The number of aryl methyl sites for hydroxylation is 1. The Morgan fingerprint density at radius 2 is 1.93 bits per heavy atom. The summed E-state index contributed by atoms with van der Waals surface area (Å²) in [4.78, 5) is 17.5. The van der Waals surface area contributed by atoms with Gasteiger partial charge in [0, 0.05) is 6.20 Å². The molecule has 4 rings (SSSR count). The van der Waals surface area contributed by atoms with Crippen molar-refractivity contribution in [2.45, 2.75) is 24.9 Å². The van der Waals surface area contributed by atoms with Gasteiger partial charge in [-0.25, -0.2) is 9.78 Å². The smallest absolute Gasteiger partial charge is 0.321 e. The number of hydrogen-bond acceptors (Lipinski definition) is 4. The fourth-order valence-electron chi connectivity index (χ4n) is 3.52. The van der Waals surface area contributed by atoms with Gasteiger partial charge in [0.1, 0.15) is 5.60 Å². The third-order valence-electron chi connectivity index (χ3n) is 4.88. The standard InChI is InChI=1S/C21H21N3O2S/c25-19(24-20-22-13-18(27-20)16-8-2-1-3-9-16)23-14-21(26)12-6-10-15-7-4-5-11-17(15)21/h1-5,7-9,11,13,26H,6,10,12,14H2,(H2,22,23,24,25). The van der Waals surface area contributed by atoms with Crippen LogP contribution in [0.2, 0.25) is 0 Å². The Morgan fingerprint density at radius 1 is 1.15 bits per heavy atom. The number of benzene rings is 2. The molecule has 1 aliphatic carbocycles. The zero-order valence-corrected chi connectivity index (χ0v) is 15.6. The zero-order valence-electron chi connectivity index (χ0n) is 14.8. The van der Waals surface area contributed by atoms with Crippen LogP contribution in [0.25, 0.3) is 10.4 Å². The fraction of sp³-hybridized carbons (Fsp3) is 0.238. The minimum absolute atomic E-state index is 0.173. The van der Waals surface area contributed by atoms with Gasteiger partial charge in [0.15, 0.2) is 5.13 Å². The molecule has 0 saturated carbocycles. The van der Waals surface area contributed by atoms with Crippen molar-refractivity contribution in [2.24, 2.45) is 0 Å². The molecule has 0 saturated heterocycles. The van der Waals surface area contributed by atoms with Crippen molar-refractivity contribution in [1.29, 1.82) is 0 Å². The number of aromatic nitrogens is 1. The molecule has 0 bridgehead atoms. The van der Waals surface area contributed by atoms with Gasteiger partial charge in [-0.1, -0.05) is 65.9 Å². The SMILES string of the molecule is O=C(NCC1(O)CCCc2ccccc21)Nc1ncc(-c2ccccc2)s1. The molecule has 3 N–H and O–H groups in total. The lowest BCUT2D eigenvalue weighted by Crippen LogP contribution is -2.44. The molecule has 1 heterocycles. The van der Waals surface area contributed by atoms with Gasteiger partial charge in [-0.05, 0) is 36.0 Å². The maximum absolute atomic E-state index is 12.3. The highest BCUT2D eigenvalue weighted by Crippen LogP contribution is 2.34. The average molecular weight is 379 g/mol. The molecule has 0 aliphatic heterocycles. The van der Waals surface area contributed by atoms with Crippen LogP contribution in [0.3, 0.4) is 0 Å². The molecule has 1 aromatic heterocycles. The maximum atomic E-state index is 12.3. The number of nitrogens with one attached hydrogen (secondary N) is 2. The second-order valence-corrected chi connectivity index (χ2v) is 7.78. The van der Waals surface area contributed by atoms with Crippen LogP contribution in [0.5, 0.6) is 0 Å². The third-order valence-corrected chi connectivity index (χ3v) is 5.84. The first-order valence-corrected chi connectivity index (χ1v) is 9.83. The van der Waals surface area contributed by atoms with Gasteiger partial charge in [-0.3, -0.25) is 5.32 Å². The van der Waals surface area contributed by atoms with Gasteiger partial charge in [0.25, 0.3) is 0 Å². The van der Waals surface area contributed by atoms with Crippen LogP contribution in [0, 0.1) is 0 Å². The fourth-order valence-corrected chi connectivity index (χ4v) is 4.33. The van der Waals surface area contributed by atoms with Gasteiger partial charge in [0.2, 0.25) is 0 Å². The molecule has 1 aliphatic rings. The molecule has 0 radical (unpaired) electrons. The van der Waals surface area contributed by atoms with E-state index in [0.29, 0.717) is 11.6 Å². The molecule has 1 atom stereocenters. The monoisotopic (exact) mass is 379 g/mol. The van der Waals surface area contributed by atoms with E-state index in [1.54, 1.807) is 6.20 Å². The largest absolute Gasteiger partial charge is 0.383 e. The van der Waals surface area contributed by atoms with Crippen molar-refractivity contribution >= 4 is 22.5 Å². The van der Waals surface area contributed by atoms with Crippen molar-refractivity contribution in [2.75, 3.05) is 11.9 Å². The highest BCUT2D eigenvalue weighted by molar-refractivity contribution is 7.19. The number of hydrogen-bond donors (Lipinski definition) is 3. The van der Waals surface area contributed by atoms with E-state index in [9.17, 15) is 9.90 Å². The molecule has 5 nitrogen and oxygen atoms in total. The third kappa shape index (κ3) is 3.86. The van der Waals surface area contributed by atoms with E-state index in [-0.39, 0.29) is 12.6 Å². The van der Waals surface area contributed by atoms with E-state index >= 15 is 0 Å². The summed E-state index contributed by atoms with van der Waals surface area (Å²) < 4.78 is 0. The van der Waals surface area contributed by atoms with Crippen LogP contribution >= 0.6 is 11.3 Å². The van der Waals surface area contributed by atoms with Crippen LogP contribution in [0.15, 0.2) is 60.8 Å². The van der Waals surface area contributed by atoms with E-state index in [2.05, 4.69) is 15.6 Å². The lowest BCUT2D eigenvalue weighted by atomic mass is 9.79. The number of amides is 2. The summed E-state index contributed by atoms with van der Waals surface area (Å²) in [6.07, 6.45) is 4.26. The van der Waals surface area contributed by atoms with E-state index < -0.39 is 5.60 Å². The first kappa shape index (κ1) is 17.7. The molecule has 1 unspecified atom stereocenters.